The molecule has 0 saturated heterocycles. The molecule has 1 fully saturated rings. The molecule has 0 spiro atoms. The maximum atomic E-state index is 12.0. The molecule has 2 rings (SSSR count). The highest BCUT2D eigenvalue weighted by atomic mass is 16.1. The summed E-state index contributed by atoms with van der Waals surface area (Å²) in [6, 6.07) is 0.720. The third-order valence-corrected chi connectivity index (χ3v) is 3.96. The predicted octanol–water partition coefficient (Wildman–Crippen LogP) is 1.55. The van der Waals surface area contributed by atoms with Gasteiger partial charge in [0, 0.05) is 38.1 Å². The monoisotopic (exact) mass is 264 g/mol. The van der Waals surface area contributed by atoms with Gasteiger partial charge >= 0.3 is 0 Å². The number of anilines is 1. The summed E-state index contributed by atoms with van der Waals surface area (Å²) in [5.74, 6) is 0.462. The largest absolute Gasteiger partial charge is 0.364 e. The first kappa shape index (κ1) is 14.1. The van der Waals surface area contributed by atoms with Gasteiger partial charge in [-0.1, -0.05) is 12.8 Å². The van der Waals surface area contributed by atoms with Crippen molar-refractivity contribution in [1.29, 1.82) is 0 Å². The van der Waals surface area contributed by atoms with E-state index in [9.17, 15) is 4.79 Å². The predicted molar refractivity (Wildman–Crippen MR) is 77.5 cm³/mol. The Hall–Kier alpha value is -1.36. The zero-order chi connectivity index (χ0) is 13.7. The van der Waals surface area contributed by atoms with Crippen molar-refractivity contribution in [3.8, 4) is 0 Å². The van der Waals surface area contributed by atoms with Gasteiger partial charge in [-0.2, -0.15) is 0 Å². The third-order valence-electron chi connectivity index (χ3n) is 3.96. The summed E-state index contributed by atoms with van der Waals surface area (Å²) in [5.41, 5.74) is -0.0338. The molecule has 0 atom stereocenters. The van der Waals surface area contributed by atoms with E-state index >= 15 is 0 Å². The molecule has 0 unspecified atom stereocenters. The maximum Gasteiger partial charge on any atom is 0.293 e. The van der Waals surface area contributed by atoms with Crippen LogP contribution in [0.25, 0.3) is 0 Å². The molecule has 0 bridgehead atoms. The van der Waals surface area contributed by atoms with E-state index in [1.807, 2.05) is 6.92 Å². The molecule has 5 heteroatoms. The number of hydrogen-bond donors (Lipinski definition) is 1. The van der Waals surface area contributed by atoms with Crippen LogP contribution in [0, 0.1) is 0 Å². The van der Waals surface area contributed by atoms with E-state index < -0.39 is 0 Å². The Kier molecular flexibility index (Phi) is 4.96. The first-order chi connectivity index (χ1) is 9.22. The van der Waals surface area contributed by atoms with Gasteiger partial charge in [0.15, 0.2) is 5.82 Å². The van der Waals surface area contributed by atoms with Crippen LogP contribution in [-0.2, 0) is 6.54 Å². The molecule has 1 aromatic heterocycles. The molecule has 0 radical (unpaired) electrons. The van der Waals surface area contributed by atoms with Crippen LogP contribution in [0.5, 0.6) is 0 Å². The van der Waals surface area contributed by atoms with Crippen LogP contribution in [0.2, 0.25) is 0 Å². The number of hydrogen-bond acceptors (Lipinski definition) is 4. The van der Waals surface area contributed by atoms with Crippen molar-refractivity contribution in [3.05, 3.63) is 22.7 Å². The van der Waals surface area contributed by atoms with Crippen LogP contribution in [-0.4, -0.2) is 40.6 Å². The van der Waals surface area contributed by atoms with Crippen molar-refractivity contribution in [3.63, 3.8) is 0 Å². The fraction of sp³-hybridized carbons (Fsp3) is 0.714. The van der Waals surface area contributed by atoms with E-state index in [4.69, 9.17) is 0 Å². The van der Waals surface area contributed by atoms with Crippen molar-refractivity contribution in [1.82, 2.24) is 14.5 Å². The second-order valence-electron chi connectivity index (χ2n) is 5.21. The Balaban J connectivity index is 1.84. The van der Waals surface area contributed by atoms with Crippen LogP contribution < -0.4 is 10.9 Å². The van der Waals surface area contributed by atoms with Crippen LogP contribution in [0.1, 0.15) is 32.6 Å². The molecule has 0 aliphatic heterocycles. The number of likely N-dealkylation sites (N-methyl/N-ethyl adjacent to an activating group) is 1. The fourth-order valence-electron chi connectivity index (χ4n) is 2.70. The molecule has 5 nitrogen and oxygen atoms in total. The smallest absolute Gasteiger partial charge is 0.293 e. The van der Waals surface area contributed by atoms with E-state index in [1.165, 1.54) is 25.7 Å². The molecule has 1 aliphatic carbocycles. The van der Waals surface area contributed by atoms with Crippen molar-refractivity contribution in [2.24, 2.45) is 0 Å². The summed E-state index contributed by atoms with van der Waals surface area (Å²) in [5, 5.41) is 3.16. The van der Waals surface area contributed by atoms with Gasteiger partial charge in [0.1, 0.15) is 0 Å². The Bertz CT molecular complexity index is 451. The summed E-state index contributed by atoms with van der Waals surface area (Å²) < 4.78 is 1.66. The summed E-state index contributed by atoms with van der Waals surface area (Å²) in [4.78, 5) is 18.5. The Labute approximate surface area is 114 Å². The van der Waals surface area contributed by atoms with E-state index in [0.29, 0.717) is 12.4 Å². The molecule has 0 aromatic carbocycles. The zero-order valence-corrected chi connectivity index (χ0v) is 11.9. The van der Waals surface area contributed by atoms with Gasteiger partial charge in [-0.05, 0) is 26.8 Å². The number of rotatable bonds is 6. The lowest BCUT2D eigenvalue weighted by molar-refractivity contribution is 0.254. The van der Waals surface area contributed by atoms with Gasteiger partial charge in [0.2, 0.25) is 0 Å². The van der Waals surface area contributed by atoms with Crippen molar-refractivity contribution in [2.45, 2.75) is 45.2 Å². The minimum atomic E-state index is -0.0338. The highest BCUT2D eigenvalue weighted by Crippen LogP contribution is 2.21. The quantitative estimate of drug-likeness (QED) is 0.847. The highest BCUT2D eigenvalue weighted by molar-refractivity contribution is 5.30. The van der Waals surface area contributed by atoms with Crippen molar-refractivity contribution < 1.29 is 0 Å². The van der Waals surface area contributed by atoms with Gasteiger partial charge < -0.3 is 14.8 Å². The lowest BCUT2D eigenvalue weighted by atomic mass is 10.2. The first-order valence-electron chi connectivity index (χ1n) is 7.22. The average Bonchev–Trinajstić information content (AvgIpc) is 2.94. The van der Waals surface area contributed by atoms with E-state index in [1.54, 1.807) is 17.0 Å². The lowest BCUT2D eigenvalue weighted by Gasteiger charge is -2.23. The van der Waals surface area contributed by atoms with Gasteiger partial charge in [0.05, 0.1) is 0 Å². The van der Waals surface area contributed by atoms with E-state index in [0.717, 1.165) is 19.1 Å². The lowest BCUT2D eigenvalue weighted by Crippen LogP contribution is -2.34. The van der Waals surface area contributed by atoms with Crippen LogP contribution in [0.15, 0.2) is 17.2 Å². The highest BCUT2D eigenvalue weighted by Gasteiger charge is 2.18. The van der Waals surface area contributed by atoms with Crippen molar-refractivity contribution in [2.75, 3.05) is 25.5 Å². The first-order valence-corrected chi connectivity index (χ1v) is 7.22. The third kappa shape index (κ3) is 3.56. The molecular formula is C14H24N4O. The molecule has 1 aromatic rings. The van der Waals surface area contributed by atoms with Gasteiger partial charge in [0.25, 0.3) is 5.56 Å². The number of nitrogens with one attached hydrogen (secondary N) is 1. The number of nitrogens with zero attached hydrogens (tertiary/aromatic N) is 3. The molecule has 1 saturated carbocycles. The van der Waals surface area contributed by atoms with E-state index in [2.05, 4.69) is 22.2 Å². The SMILES string of the molecule is CCn1ccnc(NCCN(C)C2CCCC2)c1=O. The van der Waals surface area contributed by atoms with Gasteiger partial charge in [-0.25, -0.2) is 4.98 Å². The van der Waals surface area contributed by atoms with Gasteiger partial charge in [-0.3, -0.25) is 4.79 Å². The maximum absolute atomic E-state index is 12.0. The number of aromatic nitrogens is 2. The normalized spacial score (nSPS) is 16.2. The molecule has 106 valence electrons. The molecule has 1 aliphatic rings. The molecule has 1 heterocycles. The van der Waals surface area contributed by atoms with Crippen LogP contribution in [0.4, 0.5) is 5.82 Å². The van der Waals surface area contributed by atoms with Crippen LogP contribution >= 0.6 is 0 Å². The molecule has 1 N–H and O–H groups in total. The zero-order valence-electron chi connectivity index (χ0n) is 11.9. The summed E-state index contributed by atoms with van der Waals surface area (Å²) in [6.45, 7) is 4.35. The Morgan fingerprint density at radius 2 is 2.21 bits per heavy atom. The number of aryl methyl sites for hydroxylation is 1. The Morgan fingerprint density at radius 1 is 1.47 bits per heavy atom. The molecule has 0 amide bonds. The standard InChI is InChI=1S/C14H24N4O/c1-3-18-11-9-16-13(14(18)19)15-8-10-17(2)12-6-4-5-7-12/h9,11-12H,3-8,10H2,1-2H3,(H,15,16). The van der Waals surface area contributed by atoms with Gasteiger partial charge in [-0.15, -0.1) is 0 Å². The fourth-order valence-corrected chi connectivity index (χ4v) is 2.70. The minimum Gasteiger partial charge on any atom is -0.364 e. The second-order valence-corrected chi connectivity index (χ2v) is 5.21. The second kappa shape index (κ2) is 6.70. The average molecular weight is 264 g/mol. The van der Waals surface area contributed by atoms with Crippen LogP contribution in [0.3, 0.4) is 0 Å². The molecular weight excluding hydrogens is 240 g/mol. The van der Waals surface area contributed by atoms with E-state index in [-0.39, 0.29) is 5.56 Å². The summed E-state index contributed by atoms with van der Waals surface area (Å²) >= 11 is 0. The van der Waals surface area contributed by atoms with Crippen molar-refractivity contribution >= 4 is 5.82 Å². The topological polar surface area (TPSA) is 50.2 Å². The Morgan fingerprint density at radius 3 is 2.89 bits per heavy atom. The molecule has 19 heavy (non-hydrogen) atoms. The minimum absolute atomic E-state index is 0.0338. The summed E-state index contributed by atoms with van der Waals surface area (Å²) in [6.07, 6.45) is 8.71. The summed E-state index contributed by atoms with van der Waals surface area (Å²) in [7, 11) is 2.17.